The van der Waals surface area contributed by atoms with Gasteiger partial charge in [0.25, 0.3) is 0 Å². The average molecular weight is 412 g/mol. The highest BCUT2D eigenvalue weighted by Gasteiger charge is 2.74. The van der Waals surface area contributed by atoms with Crippen molar-refractivity contribution in [2.24, 2.45) is 11.3 Å². The molecule has 0 radical (unpaired) electrons. The lowest BCUT2D eigenvalue weighted by molar-refractivity contribution is -0.172. The molecule has 1 aromatic heterocycles. The first kappa shape index (κ1) is 20.3. The van der Waals surface area contributed by atoms with Gasteiger partial charge >= 0.3 is 17.6 Å². The molecule has 2 aromatic rings. The standard InChI is InChI=1S/C22H24N2O6/c1-14(25)29-19-18(24-10-6-9-23-21(24)27)17-11-22(17,20(19)30-15(2)26)13-28-12-16-7-4-3-5-8-16/h3-10,17-20H,11-13H2,1-2H3/t17-,18-,19+,20+,22+/m1/s1. The van der Waals surface area contributed by atoms with E-state index in [-0.39, 0.29) is 5.92 Å². The summed E-state index contributed by atoms with van der Waals surface area (Å²) < 4.78 is 18.7. The number of hydrogen-bond acceptors (Lipinski definition) is 7. The van der Waals surface area contributed by atoms with E-state index in [0.29, 0.717) is 19.6 Å². The minimum absolute atomic E-state index is 0.0381. The van der Waals surface area contributed by atoms with E-state index < -0.39 is 41.3 Å². The molecule has 0 N–H and O–H groups in total. The number of carbonyl (C=O) groups excluding carboxylic acids is 2. The Balaban J connectivity index is 1.62. The molecule has 2 saturated carbocycles. The first-order chi connectivity index (χ1) is 14.4. The highest BCUT2D eigenvalue weighted by atomic mass is 16.6. The normalized spacial score (nSPS) is 29.1. The van der Waals surface area contributed by atoms with Crippen molar-refractivity contribution in [1.29, 1.82) is 0 Å². The van der Waals surface area contributed by atoms with Crippen LogP contribution < -0.4 is 5.69 Å². The predicted molar refractivity (Wildman–Crippen MR) is 105 cm³/mol. The second-order valence-corrected chi connectivity index (χ2v) is 7.93. The van der Waals surface area contributed by atoms with E-state index in [0.717, 1.165) is 5.56 Å². The molecule has 2 aliphatic carbocycles. The van der Waals surface area contributed by atoms with E-state index in [1.54, 1.807) is 12.3 Å². The van der Waals surface area contributed by atoms with Gasteiger partial charge in [0.05, 0.1) is 19.3 Å². The number of benzene rings is 1. The van der Waals surface area contributed by atoms with Gasteiger partial charge in [-0.2, -0.15) is 0 Å². The Morgan fingerprint density at radius 2 is 1.87 bits per heavy atom. The van der Waals surface area contributed by atoms with Crippen LogP contribution in [0.4, 0.5) is 0 Å². The van der Waals surface area contributed by atoms with Gasteiger partial charge in [-0.1, -0.05) is 30.3 Å². The van der Waals surface area contributed by atoms with Crippen LogP contribution in [0.25, 0.3) is 0 Å². The van der Waals surface area contributed by atoms with Crippen molar-refractivity contribution in [1.82, 2.24) is 9.55 Å². The summed E-state index contributed by atoms with van der Waals surface area (Å²) in [7, 11) is 0. The van der Waals surface area contributed by atoms with Crippen LogP contribution in [0.15, 0.2) is 53.6 Å². The molecule has 0 bridgehead atoms. The van der Waals surface area contributed by atoms with E-state index in [1.165, 1.54) is 24.6 Å². The van der Waals surface area contributed by atoms with Gasteiger partial charge in [-0.25, -0.2) is 9.78 Å². The van der Waals surface area contributed by atoms with Gasteiger partial charge in [-0.15, -0.1) is 0 Å². The first-order valence-electron chi connectivity index (χ1n) is 9.91. The van der Waals surface area contributed by atoms with Gasteiger partial charge in [-0.3, -0.25) is 14.2 Å². The molecule has 1 heterocycles. The van der Waals surface area contributed by atoms with E-state index in [1.807, 2.05) is 30.3 Å². The second kappa shape index (κ2) is 8.02. The number of fused-ring (bicyclic) bond motifs is 1. The molecule has 0 aliphatic heterocycles. The summed E-state index contributed by atoms with van der Waals surface area (Å²) in [6.07, 6.45) is 2.26. The number of ether oxygens (including phenoxy) is 3. The molecule has 2 aliphatic rings. The van der Waals surface area contributed by atoms with Gasteiger partial charge in [0.15, 0.2) is 6.10 Å². The maximum absolute atomic E-state index is 12.4. The number of carbonyl (C=O) groups is 2. The van der Waals surface area contributed by atoms with Gasteiger partial charge in [0, 0.05) is 31.7 Å². The van der Waals surface area contributed by atoms with E-state index in [4.69, 9.17) is 14.2 Å². The summed E-state index contributed by atoms with van der Waals surface area (Å²) in [5.74, 6) is -1.01. The summed E-state index contributed by atoms with van der Waals surface area (Å²) in [5, 5.41) is 0. The maximum atomic E-state index is 12.4. The zero-order valence-electron chi connectivity index (χ0n) is 16.9. The Hall–Kier alpha value is -3.00. The SMILES string of the molecule is CC(=O)O[C@H]1[C@H](n2cccnc2=O)[C@H]2C[C@@]2(COCc2ccccc2)[C@H]1OC(C)=O. The molecule has 2 fully saturated rings. The van der Waals surface area contributed by atoms with Crippen molar-refractivity contribution < 1.29 is 23.8 Å². The fraction of sp³-hybridized carbons (Fsp3) is 0.455. The molecule has 4 rings (SSSR count). The largest absolute Gasteiger partial charge is 0.458 e. The molecule has 0 saturated heterocycles. The molecule has 8 heteroatoms. The zero-order chi connectivity index (χ0) is 21.3. The summed E-state index contributed by atoms with van der Waals surface area (Å²) in [6, 6.07) is 10.9. The monoisotopic (exact) mass is 412 g/mol. The van der Waals surface area contributed by atoms with Crippen LogP contribution >= 0.6 is 0 Å². The quantitative estimate of drug-likeness (QED) is 0.641. The zero-order valence-corrected chi connectivity index (χ0v) is 16.9. The summed E-state index contributed by atoms with van der Waals surface area (Å²) in [5.41, 5.74) is 0.0828. The lowest BCUT2D eigenvalue weighted by Crippen LogP contribution is -2.43. The molecule has 5 atom stereocenters. The van der Waals surface area contributed by atoms with Crippen LogP contribution in [0.2, 0.25) is 0 Å². The number of esters is 2. The number of rotatable bonds is 7. The number of aromatic nitrogens is 2. The van der Waals surface area contributed by atoms with Crippen molar-refractivity contribution in [2.75, 3.05) is 6.61 Å². The van der Waals surface area contributed by atoms with Crippen LogP contribution in [0.3, 0.4) is 0 Å². The van der Waals surface area contributed by atoms with Gasteiger partial charge in [0.1, 0.15) is 6.10 Å². The Labute approximate surface area is 173 Å². The van der Waals surface area contributed by atoms with Crippen molar-refractivity contribution >= 4 is 11.9 Å². The van der Waals surface area contributed by atoms with E-state index >= 15 is 0 Å². The first-order valence-corrected chi connectivity index (χ1v) is 9.91. The third kappa shape index (κ3) is 3.75. The van der Waals surface area contributed by atoms with Crippen LogP contribution in [0.1, 0.15) is 31.9 Å². The third-order valence-corrected chi connectivity index (χ3v) is 5.93. The fourth-order valence-electron chi connectivity index (χ4n) is 4.69. The molecule has 158 valence electrons. The van der Waals surface area contributed by atoms with Crippen molar-refractivity contribution in [3.05, 3.63) is 64.8 Å². The highest BCUT2D eigenvalue weighted by molar-refractivity contribution is 5.68. The summed E-state index contributed by atoms with van der Waals surface area (Å²) >= 11 is 0. The lowest BCUT2D eigenvalue weighted by atomic mass is 9.99. The molecule has 0 spiro atoms. The molecule has 0 amide bonds. The fourth-order valence-corrected chi connectivity index (χ4v) is 4.69. The Morgan fingerprint density at radius 1 is 1.13 bits per heavy atom. The van der Waals surface area contributed by atoms with Crippen LogP contribution in [-0.4, -0.2) is 40.3 Å². The number of nitrogens with zero attached hydrogens (tertiary/aromatic N) is 2. The maximum Gasteiger partial charge on any atom is 0.347 e. The summed E-state index contributed by atoms with van der Waals surface area (Å²) in [4.78, 5) is 39.9. The molecule has 8 nitrogen and oxygen atoms in total. The molecular formula is C22H24N2O6. The lowest BCUT2D eigenvalue weighted by Gasteiger charge is -2.30. The molecule has 30 heavy (non-hydrogen) atoms. The third-order valence-electron chi connectivity index (χ3n) is 5.93. The summed E-state index contributed by atoms with van der Waals surface area (Å²) in [6.45, 7) is 3.37. The van der Waals surface area contributed by atoms with E-state index in [2.05, 4.69) is 4.98 Å². The average Bonchev–Trinajstić information content (AvgIpc) is 3.36. The molecular weight excluding hydrogens is 388 g/mol. The highest BCUT2D eigenvalue weighted by Crippen LogP contribution is 2.69. The minimum Gasteiger partial charge on any atom is -0.458 e. The van der Waals surface area contributed by atoms with Crippen molar-refractivity contribution in [3.63, 3.8) is 0 Å². The Morgan fingerprint density at radius 3 is 2.53 bits per heavy atom. The van der Waals surface area contributed by atoms with E-state index in [9.17, 15) is 14.4 Å². The Bertz CT molecular complexity index is 990. The van der Waals surface area contributed by atoms with Crippen molar-refractivity contribution in [2.45, 2.75) is 45.1 Å². The van der Waals surface area contributed by atoms with Gasteiger partial charge in [0.2, 0.25) is 0 Å². The molecule has 1 aromatic carbocycles. The van der Waals surface area contributed by atoms with Gasteiger partial charge in [-0.05, 0) is 24.0 Å². The predicted octanol–water partition coefficient (Wildman–Crippen LogP) is 1.88. The van der Waals surface area contributed by atoms with Crippen molar-refractivity contribution in [3.8, 4) is 0 Å². The van der Waals surface area contributed by atoms with Crippen LogP contribution in [0, 0.1) is 11.3 Å². The number of hydrogen-bond donors (Lipinski definition) is 0. The molecule has 0 unspecified atom stereocenters. The Kier molecular flexibility index (Phi) is 5.42. The van der Waals surface area contributed by atoms with Gasteiger partial charge < -0.3 is 14.2 Å². The van der Waals surface area contributed by atoms with Crippen LogP contribution in [-0.2, 0) is 30.4 Å². The van der Waals surface area contributed by atoms with Crippen LogP contribution in [0.5, 0.6) is 0 Å². The smallest absolute Gasteiger partial charge is 0.347 e. The second-order valence-electron chi connectivity index (χ2n) is 7.93. The minimum atomic E-state index is -0.785. The topological polar surface area (TPSA) is 96.7 Å².